The molecule has 2 aliphatic heterocycles. The first kappa shape index (κ1) is 30.0. The molecule has 6 rings (SSSR count). The lowest BCUT2D eigenvalue weighted by atomic mass is 9.96. The van der Waals surface area contributed by atoms with E-state index in [-0.39, 0.29) is 30.5 Å². The molecular formula is C32H36F3N7O2. The third kappa shape index (κ3) is 6.27. The second-order valence-corrected chi connectivity index (χ2v) is 11.6. The van der Waals surface area contributed by atoms with Gasteiger partial charge in [-0.15, -0.1) is 0 Å². The molecule has 1 aromatic carbocycles. The Bertz CT molecular complexity index is 1660. The number of benzene rings is 1. The first-order chi connectivity index (χ1) is 21.1. The number of hydrogen-bond donors (Lipinski definition) is 1. The van der Waals surface area contributed by atoms with E-state index in [1.807, 2.05) is 26.0 Å². The van der Waals surface area contributed by atoms with Crippen molar-refractivity contribution in [3.05, 3.63) is 76.5 Å². The molecule has 0 radical (unpaired) electrons. The number of nitrogens with zero attached hydrogens (tertiary/aromatic N) is 6. The Labute approximate surface area is 254 Å². The van der Waals surface area contributed by atoms with E-state index >= 15 is 0 Å². The molecule has 2 aliphatic rings. The summed E-state index contributed by atoms with van der Waals surface area (Å²) in [5, 5.41) is 0.746. The van der Waals surface area contributed by atoms with Crippen molar-refractivity contribution in [2.45, 2.75) is 52.4 Å². The summed E-state index contributed by atoms with van der Waals surface area (Å²) in [6, 6.07) is 7.78. The Morgan fingerprint density at radius 1 is 1.05 bits per heavy atom. The van der Waals surface area contributed by atoms with Gasteiger partial charge in [0.15, 0.2) is 0 Å². The van der Waals surface area contributed by atoms with Crippen LogP contribution in [0.2, 0.25) is 0 Å². The molecule has 44 heavy (non-hydrogen) atoms. The lowest BCUT2D eigenvalue weighted by Gasteiger charge is -2.35. The molecule has 4 aromatic rings. The number of fused-ring (bicyclic) bond motifs is 2. The van der Waals surface area contributed by atoms with E-state index in [1.165, 1.54) is 12.4 Å². The Kier molecular flexibility index (Phi) is 8.30. The predicted molar refractivity (Wildman–Crippen MR) is 159 cm³/mol. The van der Waals surface area contributed by atoms with Gasteiger partial charge in [-0.3, -0.25) is 14.7 Å². The highest BCUT2D eigenvalue weighted by molar-refractivity contribution is 5.82. The standard InChI is InChI=1S/C32H36F3N7O2/c1-4-40-9-11-41(12-10-40)18-23-6-5-22(14-27(23)32(33,34)35)15-29(43)42-8-7-28-25(21(42)3)16-24(17-36-28)44-31-26-13-20(2)39-30(26)37-19-38-31/h5-6,13-14,16-17,19,21H,4,7-12,15,18H2,1-3H3,(H,37,38,39)/t21-/m0/s1. The van der Waals surface area contributed by atoms with Gasteiger partial charge < -0.3 is 19.5 Å². The quantitative estimate of drug-likeness (QED) is 0.305. The van der Waals surface area contributed by atoms with Gasteiger partial charge in [0.2, 0.25) is 11.8 Å². The summed E-state index contributed by atoms with van der Waals surface area (Å²) in [5.74, 6) is 0.640. The monoisotopic (exact) mass is 607 g/mol. The van der Waals surface area contributed by atoms with Crippen molar-refractivity contribution in [1.29, 1.82) is 0 Å². The smallest absolute Gasteiger partial charge is 0.416 e. The number of piperazine rings is 1. The van der Waals surface area contributed by atoms with Crippen molar-refractivity contribution in [2.24, 2.45) is 0 Å². The van der Waals surface area contributed by atoms with E-state index in [9.17, 15) is 18.0 Å². The first-order valence-corrected chi connectivity index (χ1v) is 15.0. The summed E-state index contributed by atoms with van der Waals surface area (Å²) in [7, 11) is 0. The van der Waals surface area contributed by atoms with Gasteiger partial charge in [0.05, 0.1) is 29.6 Å². The van der Waals surface area contributed by atoms with Crippen molar-refractivity contribution < 1.29 is 22.7 Å². The molecule has 0 unspecified atom stereocenters. The zero-order valence-corrected chi connectivity index (χ0v) is 25.1. The molecule has 9 nitrogen and oxygen atoms in total. The topological polar surface area (TPSA) is 90.5 Å². The fourth-order valence-corrected chi connectivity index (χ4v) is 6.20. The van der Waals surface area contributed by atoms with Gasteiger partial charge in [0, 0.05) is 57.1 Å². The van der Waals surface area contributed by atoms with Crippen LogP contribution in [0.4, 0.5) is 13.2 Å². The van der Waals surface area contributed by atoms with Crippen molar-refractivity contribution in [3.8, 4) is 11.6 Å². The zero-order valence-electron chi connectivity index (χ0n) is 25.1. The minimum absolute atomic E-state index is 0.117. The van der Waals surface area contributed by atoms with Crippen LogP contribution in [0.15, 0.2) is 42.9 Å². The van der Waals surface area contributed by atoms with Crippen LogP contribution in [-0.4, -0.2) is 79.8 Å². The molecule has 3 aromatic heterocycles. The number of aryl methyl sites for hydroxylation is 1. The van der Waals surface area contributed by atoms with Gasteiger partial charge in [-0.1, -0.05) is 19.1 Å². The number of carbonyl (C=O) groups excluding carboxylic acids is 1. The van der Waals surface area contributed by atoms with Crippen LogP contribution in [0, 0.1) is 6.92 Å². The second-order valence-electron chi connectivity index (χ2n) is 11.6. The minimum atomic E-state index is -4.51. The summed E-state index contributed by atoms with van der Waals surface area (Å²) in [6.45, 7) is 10.7. The van der Waals surface area contributed by atoms with Crippen molar-refractivity contribution >= 4 is 16.9 Å². The number of pyridine rings is 1. The van der Waals surface area contributed by atoms with Gasteiger partial charge in [0.1, 0.15) is 17.7 Å². The maximum atomic E-state index is 14.1. The van der Waals surface area contributed by atoms with Gasteiger partial charge in [-0.2, -0.15) is 13.2 Å². The van der Waals surface area contributed by atoms with E-state index in [1.54, 1.807) is 17.2 Å². The van der Waals surface area contributed by atoms with Crippen LogP contribution >= 0.6 is 0 Å². The molecule has 0 aliphatic carbocycles. The predicted octanol–water partition coefficient (Wildman–Crippen LogP) is 5.30. The van der Waals surface area contributed by atoms with Gasteiger partial charge in [-0.05, 0) is 55.3 Å². The van der Waals surface area contributed by atoms with Crippen LogP contribution in [0.25, 0.3) is 11.0 Å². The lowest BCUT2D eigenvalue weighted by Crippen LogP contribution is -2.45. The van der Waals surface area contributed by atoms with Crippen molar-refractivity contribution in [2.75, 3.05) is 39.3 Å². The average Bonchev–Trinajstić information content (AvgIpc) is 3.39. The Hall–Kier alpha value is -4.03. The van der Waals surface area contributed by atoms with Crippen molar-refractivity contribution in [1.82, 2.24) is 34.6 Å². The molecule has 0 saturated carbocycles. The highest BCUT2D eigenvalue weighted by Crippen LogP contribution is 2.36. The molecule has 1 saturated heterocycles. The molecule has 1 atom stereocenters. The van der Waals surface area contributed by atoms with E-state index in [4.69, 9.17) is 4.74 Å². The summed E-state index contributed by atoms with van der Waals surface area (Å²) < 4.78 is 48.5. The zero-order chi connectivity index (χ0) is 31.0. The molecule has 1 fully saturated rings. The Balaban J connectivity index is 1.17. The fraction of sp³-hybridized carbons (Fsp3) is 0.438. The fourth-order valence-electron chi connectivity index (χ4n) is 6.20. The van der Waals surface area contributed by atoms with Crippen molar-refractivity contribution in [3.63, 3.8) is 0 Å². The number of ether oxygens (including phenoxy) is 1. The molecule has 0 spiro atoms. The molecule has 0 bridgehead atoms. The van der Waals surface area contributed by atoms with Crippen LogP contribution in [-0.2, 0) is 30.4 Å². The number of halogens is 3. The number of aromatic amines is 1. The Morgan fingerprint density at radius 3 is 2.57 bits per heavy atom. The normalized spacial score (nSPS) is 18.0. The molecule has 232 valence electrons. The van der Waals surface area contributed by atoms with Gasteiger partial charge in [0.25, 0.3) is 0 Å². The first-order valence-electron chi connectivity index (χ1n) is 15.0. The van der Waals surface area contributed by atoms with Crippen LogP contribution in [0.5, 0.6) is 11.6 Å². The summed E-state index contributed by atoms with van der Waals surface area (Å²) in [4.78, 5) is 35.8. The van der Waals surface area contributed by atoms with Crippen LogP contribution in [0.1, 0.15) is 53.5 Å². The number of H-pyrrole nitrogens is 1. The number of nitrogens with one attached hydrogen (secondary N) is 1. The molecule has 5 heterocycles. The number of aromatic nitrogens is 4. The highest BCUT2D eigenvalue weighted by atomic mass is 19.4. The number of amides is 1. The molecular weight excluding hydrogens is 571 g/mol. The third-order valence-corrected chi connectivity index (χ3v) is 8.69. The molecule has 1 amide bonds. The minimum Gasteiger partial charge on any atom is -0.437 e. The number of carbonyl (C=O) groups is 1. The highest BCUT2D eigenvalue weighted by Gasteiger charge is 2.35. The summed E-state index contributed by atoms with van der Waals surface area (Å²) in [6.07, 6.45) is -1.02. The van der Waals surface area contributed by atoms with E-state index < -0.39 is 11.7 Å². The lowest BCUT2D eigenvalue weighted by molar-refractivity contribution is -0.139. The maximum Gasteiger partial charge on any atom is 0.416 e. The average molecular weight is 608 g/mol. The molecule has 12 heteroatoms. The number of likely N-dealkylation sites (N-methyl/N-ethyl adjacent to an activating group) is 1. The summed E-state index contributed by atoms with van der Waals surface area (Å²) in [5.41, 5.74) is 3.23. The number of hydrogen-bond acceptors (Lipinski definition) is 7. The molecule has 1 N–H and O–H groups in total. The SMILES string of the molecule is CCN1CCN(Cc2ccc(CC(=O)N3CCc4ncc(Oc5ncnc6[nH]c(C)cc56)cc4[C@@H]3C)cc2C(F)(F)F)CC1. The van der Waals surface area contributed by atoms with Crippen LogP contribution < -0.4 is 4.74 Å². The van der Waals surface area contributed by atoms with Gasteiger partial charge in [-0.25, -0.2) is 9.97 Å². The summed E-state index contributed by atoms with van der Waals surface area (Å²) >= 11 is 0. The van der Waals surface area contributed by atoms with Crippen LogP contribution in [0.3, 0.4) is 0 Å². The number of alkyl halides is 3. The van der Waals surface area contributed by atoms with E-state index in [2.05, 4.69) is 36.7 Å². The third-order valence-electron chi connectivity index (χ3n) is 8.69. The van der Waals surface area contributed by atoms with E-state index in [0.717, 1.165) is 61.1 Å². The van der Waals surface area contributed by atoms with Gasteiger partial charge >= 0.3 is 6.18 Å². The number of rotatable bonds is 7. The Morgan fingerprint density at radius 2 is 1.82 bits per heavy atom. The van der Waals surface area contributed by atoms with E-state index in [0.29, 0.717) is 35.8 Å². The second kappa shape index (κ2) is 12.2. The largest absolute Gasteiger partial charge is 0.437 e. The maximum absolute atomic E-state index is 14.1.